The van der Waals surface area contributed by atoms with Crippen LogP contribution in [-0.4, -0.2) is 61.7 Å². The van der Waals surface area contributed by atoms with Gasteiger partial charge in [0.05, 0.1) is 0 Å². The van der Waals surface area contributed by atoms with Gasteiger partial charge >= 0.3 is 0 Å². The van der Waals surface area contributed by atoms with E-state index in [4.69, 9.17) is 15.7 Å². The number of amides is 1. The van der Waals surface area contributed by atoms with E-state index in [1.165, 1.54) is 0 Å². The van der Waals surface area contributed by atoms with Crippen LogP contribution in [0.15, 0.2) is 5.16 Å². The number of oxime groups is 1. The normalized spacial score (nSPS) is 21.2. The molecule has 7 nitrogen and oxygen atoms in total. The predicted molar refractivity (Wildman–Crippen MR) is 72.1 cm³/mol. The zero-order valence-electron chi connectivity index (χ0n) is 11.8. The molecule has 1 fully saturated rings. The number of nitrogens with one attached hydrogen (secondary N) is 1. The number of nitrogens with zero attached hydrogens (tertiary/aromatic N) is 2. The Bertz CT molecular complexity index is 338. The topological polar surface area (TPSA) is 100 Å². The average molecular weight is 272 g/mol. The summed E-state index contributed by atoms with van der Waals surface area (Å²) in [5.74, 6) is -0.231. The molecule has 1 rings (SSSR count). The first kappa shape index (κ1) is 15.7. The summed E-state index contributed by atoms with van der Waals surface area (Å²) in [4.78, 5) is 14.4. The number of ether oxygens (including phenoxy) is 1. The van der Waals surface area contributed by atoms with E-state index in [1.807, 2.05) is 25.9 Å². The minimum absolute atomic E-state index is 0.0363. The summed E-state index contributed by atoms with van der Waals surface area (Å²) in [6, 6.07) is 0.216. The maximum absolute atomic E-state index is 12.4. The van der Waals surface area contributed by atoms with Crippen molar-refractivity contribution in [2.45, 2.75) is 25.8 Å². The lowest BCUT2D eigenvalue weighted by Crippen LogP contribution is -2.54. The van der Waals surface area contributed by atoms with Gasteiger partial charge in [0.15, 0.2) is 5.84 Å². The van der Waals surface area contributed by atoms with Crippen LogP contribution in [0.1, 0.15) is 19.8 Å². The van der Waals surface area contributed by atoms with Gasteiger partial charge in [-0.1, -0.05) is 5.16 Å². The fraction of sp³-hybridized carbons (Fsp3) is 0.833. The molecule has 19 heavy (non-hydrogen) atoms. The number of nitrogens with two attached hydrogens (primary N) is 1. The largest absolute Gasteiger partial charge is 0.409 e. The molecule has 110 valence electrons. The molecule has 1 aliphatic rings. The summed E-state index contributed by atoms with van der Waals surface area (Å²) < 4.78 is 5.25. The van der Waals surface area contributed by atoms with Gasteiger partial charge in [-0.2, -0.15) is 0 Å². The van der Waals surface area contributed by atoms with Gasteiger partial charge in [0, 0.05) is 25.8 Å². The number of amidine groups is 1. The first-order valence-corrected chi connectivity index (χ1v) is 6.44. The number of carbonyl (C=O) groups excluding carboxylic acids is 1. The highest BCUT2D eigenvalue weighted by atomic mass is 16.5. The maximum Gasteiger partial charge on any atom is 0.234 e. The quantitative estimate of drug-likeness (QED) is 0.273. The van der Waals surface area contributed by atoms with E-state index >= 15 is 0 Å². The molecular weight excluding hydrogens is 248 g/mol. The van der Waals surface area contributed by atoms with E-state index in [2.05, 4.69) is 10.5 Å². The van der Waals surface area contributed by atoms with Crippen LogP contribution in [0.2, 0.25) is 0 Å². The Kier molecular flexibility index (Phi) is 5.56. The fourth-order valence-corrected chi connectivity index (χ4v) is 2.01. The summed E-state index contributed by atoms with van der Waals surface area (Å²) in [5.41, 5.74) is 4.78. The summed E-state index contributed by atoms with van der Waals surface area (Å²) in [7, 11) is 3.90. The smallest absolute Gasteiger partial charge is 0.234 e. The van der Waals surface area contributed by atoms with Gasteiger partial charge in [-0.15, -0.1) is 0 Å². The Morgan fingerprint density at radius 1 is 1.53 bits per heavy atom. The van der Waals surface area contributed by atoms with Crippen LogP contribution in [0.4, 0.5) is 0 Å². The van der Waals surface area contributed by atoms with E-state index in [0.717, 1.165) is 0 Å². The lowest BCUT2D eigenvalue weighted by atomic mass is 9.78. The Morgan fingerprint density at radius 3 is 2.58 bits per heavy atom. The van der Waals surface area contributed by atoms with Crippen LogP contribution < -0.4 is 11.1 Å². The van der Waals surface area contributed by atoms with Crippen LogP contribution >= 0.6 is 0 Å². The van der Waals surface area contributed by atoms with Gasteiger partial charge in [0.25, 0.3) is 0 Å². The molecule has 1 aliphatic heterocycles. The number of carbonyl (C=O) groups is 1. The lowest BCUT2D eigenvalue weighted by Gasteiger charge is -2.35. The summed E-state index contributed by atoms with van der Waals surface area (Å²) >= 11 is 0. The summed E-state index contributed by atoms with van der Waals surface area (Å²) in [6.45, 7) is 3.41. The molecule has 0 bridgehead atoms. The minimum Gasteiger partial charge on any atom is -0.409 e. The molecule has 0 aliphatic carbocycles. The molecule has 0 saturated carbocycles. The molecule has 1 amide bonds. The summed E-state index contributed by atoms with van der Waals surface area (Å²) in [5, 5.41) is 14.8. The highest BCUT2D eigenvalue weighted by Gasteiger charge is 2.44. The first-order valence-electron chi connectivity index (χ1n) is 6.44. The Morgan fingerprint density at radius 2 is 2.11 bits per heavy atom. The molecular formula is C12H24N4O3. The fourth-order valence-electron chi connectivity index (χ4n) is 2.01. The molecule has 0 radical (unpaired) electrons. The van der Waals surface area contributed by atoms with Crippen molar-refractivity contribution in [3.05, 3.63) is 0 Å². The minimum atomic E-state index is -0.945. The van der Waals surface area contributed by atoms with E-state index in [0.29, 0.717) is 32.6 Å². The number of hydrogen-bond acceptors (Lipinski definition) is 5. The second-order valence-corrected chi connectivity index (χ2v) is 5.20. The van der Waals surface area contributed by atoms with Crippen LogP contribution in [0, 0.1) is 5.41 Å². The zero-order chi connectivity index (χ0) is 14.5. The zero-order valence-corrected chi connectivity index (χ0v) is 11.8. The monoisotopic (exact) mass is 272 g/mol. The molecule has 0 aromatic rings. The number of rotatable bonds is 5. The van der Waals surface area contributed by atoms with Crippen molar-refractivity contribution in [1.82, 2.24) is 10.2 Å². The van der Waals surface area contributed by atoms with Gasteiger partial charge in [-0.25, -0.2) is 0 Å². The van der Waals surface area contributed by atoms with Crippen molar-refractivity contribution in [2.24, 2.45) is 16.3 Å². The molecule has 1 saturated heterocycles. The Hall–Kier alpha value is -1.34. The van der Waals surface area contributed by atoms with Crippen LogP contribution in [-0.2, 0) is 9.53 Å². The van der Waals surface area contributed by atoms with E-state index in [-0.39, 0.29) is 17.8 Å². The van der Waals surface area contributed by atoms with Crippen molar-refractivity contribution in [1.29, 1.82) is 0 Å². The maximum atomic E-state index is 12.4. The molecule has 1 unspecified atom stereocenters. The van der Waals surface area contributed by atoms with Gasteiger partial charge < -0.3 is 25.9 Å². The van der Waals surface area contributed by atoms with Crippen LogP contribution in [0.25, 0.3) is 0 Å². The van der Waals surface area contributed by atoms with Gasteiger partial charge in [0.2, 0.25) is 5.91 Å². The third-order valence-corrected chi connectivity index (χ3v) is 3.82. The molecule has 0 aromatic heterocycles. The van der Waals surface area contributed by atoms with Crippen LogP contribution in [0.5, 0.6) is 0 Å². The van der Waals surface area contributed by atoms with E-state index in [9.17, 15) is 4.79 Å². The predicted octanol–water partition coefficient (Wildman–Crippen LogP) is -0.404. The van der Waals surface area contributed by atoms with Gasteiger partial charge in [-0.3, -0.25) is 4.79 Å². The van der Waals surface area contributed by atoms with Crippen molar-refractivity contribution in [3.8, 4) is 0 Å². The van der Waals surface area contributed by atoms with E-state index < -0.39 is 5.41 Å². The van der Waals surface area contributed by atoms with Crippen LogP contribution in [0.3, 0.4) is 0 Å². The molecule has 0 aromatic carbocycles. The van der Waals surface area contributed by atoms with Crippen molar-refractivity contribution in [2.75, 3.05) is 33.9 Å². The highest BCUT2D eigenvalue weighted by molar-refractivity contribution is 6.06. The number of hydrogen-bond donors (Lipinski definition) is 3. The Labute approximate surface area is 113 Å². The molecule has 7 heteroatoms. The third kappa shape index (κ3) is 3.57. The molecule has 1 atom stereocenters. The number of likely N-dealkylation sites (N-methyl/N-ethyl adjacent to an activating group) is 1. The van der Waals surface area contributed by atoms with E-state index in [1.54, 1.807) is 0 Å². The molecule has 1 heterocycles. The molecule has 4 N–H and O–H groups in total. The highest BCUT2D eigenvalue weighted by Crippen LogP contribution is 2.31. The van der Waals surface area contributed by atoms with Crippen molar-refractivity contribution in [3.63, 3.8) is 0 Å². The van der Waals surface area contributed by atoms with Crippen molar-refractivity contribution < 1.29 is 14.7 Å². The standard InChI is InChI=1S/C12H24N4O3/c1-9(16(2)3)8-14-11(17)12(10(13)15-18)4-6-19-7-5-12/h9,18H,4-8H2,1-3H3,(H2,13,15)(H,14,17). The van der Waals surface area contributed by atoms with Gasteiger partial charge in [-0.05, 0) is 33.9 Å². The van der Waals surface area contributed by atoms with Gasteiger partial charge in [0.1, 0.15) is 5.41 Å². The average Bonchev–Trinajstić information content (AvgIpc) is 2.43. The molecule has 0 spiro atoms. The lowest BCUT2D eigenvalue weighted by molar-refractivity contribution is -0.131. The third-order valence-electron chi connectivity index (χ3n) is 3.82. The summed E-state index contributed by atoms with van der Waals surface area (Å²) in [6.07, 6.45) is 0.871. The Balaban J connectivity index is 2.73. The van der Waals surface area contributed by atoms with Crippen molar-refractivity contribution >= 4 is 11.7 Å². The second-order valence-electron chi connectivity index (χ2n) is 5.20. The second kappa shape index (κ2) is 6.72. The SMILES string of the molecule is CC(CNC(=O)C1(C(N)=NO)CCOCC1)N(C)C. The first-order chi connectivity index (χ1) is 8.94.